The molecule has 0 fully saturated rings. The molecule has 0 bridgehead atoms. The highest BCUT2D eigenvalue weighted by atomic mass is 32.3. The third-order valence-electron chi connectivity index (χ3n) is 3.80. The van der Waals surface area contributed by atoms with E-state index in [0.717, 1.165) is 12.1 Å². The van der Waals surface area contributed by atoms with Crippen LogP contribution in [0.15, 0.2) is 67.0 Å². The van der Waals surface area contributed by atoms with Gasteiger partial charge in [0.15, 0.2) is 11.9 Å². The number of methoxy groups -OCH3 is 1. The van der Waals surface area contributed by atoms with Crippen LogP contribution in [-0.4, -0.2) is 20.1 Å². The van der Waals surface area contributed by atoms with Gasteiger partial charge in [0, 0.05) is 0 Å². The van der Waals surface area contributed by atoms with E-state index >= 15 is 0 Å². The van der Waals surface area contributed by atoms with Crippen molar-refractivity contribution in [3.63, 3.8) is 0 Å². The molecule has 0 spiro atoms. The molecule has 1 aromatic heterocycles. The second-order valence-electron chi connectivity index (χ2n) is 6.12. The topological polar surface area (TPSA) is 79.5 Å². The maximum Gasteiger partial charge on any atom is 0.416 e. The van der Waals surface area contributed by atoms with Crippen molar-refractivity contribution in [2.75, 3.05) is 7.11 Å². The van der Waals surface area contributed by atoms with Gasteiger partial charge in [-0.1, -0.05) is 30.3 Å². The lowest BCUT2D eigenvalue weighted by Crippen LogP contribution is -2.27. The molecule has 3 rings (SSSR count). The maximum absolute atomic E-state index is 13.1. The number of pyridine rings is 1. The quantitative estimate of drug-likeness (QED) is 0.250. The highest BCUT2D eigenvalue weighted by molar-refractivity contribution is 7.80. The van der Waals surface area contributed by atoms with Crippen LogP contribution >= 0.6 is 0 Å². The summed E-state index contributed by atoms with van der Waals surface area (Å²) in [6, 6.07) is 14.2. The van der Waals surface area contributed by atoms with Crippen molar-refractivity contribution in [2.24, 2.45) is 7.05 Å². The van der Waals surface area contributed by atoms with Crippen LogP contribution in [0.4, 0.5) is 17.1 Å². The van der Waals surface area contributed by atoms with Crippen molar-refractivity contribution in [3.05, 3.63) is 72.6 Å². The molecule has 0 N–H and O–H groups in total. The molecule has 0 unspecified atom stereocenters. The average Bonchev–Trinajstić information content (AvgIpc) is 2.66. The maximum atomic E-state index is 13.1. The molecule has 166 valence electrons. The summed E-state index contributed by atoms with van der Waals surface area (Å²) in [4.78, 5) is 0. The molecule has 3 aromatic rings. The summed E-state index contributed by atoms with van der Waals surface area (Å²) in [5.41, 5.74) is 0.189. The van der Waals surface area contributed by atoms with Crippen LogP contribution in [0, 0.1) is 0 Å². The number of hydrogen-bond acceptors (Lipinski definition) is 5. The first kappa shape index (κ1) is 24.1. The number of aryl methyl sites for hydroxylation is 1. The van der Waals surface area contributed by atoms with Crippen molar-refractivity contribution >= 4 is 10.5 Å². The molecule has 0 saturated carbocycles. The van der Waals surface area contributed by atoms with Crippen molar-refractivity contribution in [1.29, 1.82) is 0 Å². The Hall–Kier alpha value is -3.18. The molecule has 0 aliphatic carbocycles. The fourth-order valence-corrected chi connectivity index (χ4v) is 2.64. The zero-order valence-electron chi connectivity index (χ0n) is 16.3. The number of para-hydroxylation sites is 1. The van der Waals surface area contributed by atoms with Crippen LogP contribution in [0.3, 0.4) is 0 Å². The van der Waals surface area contributed by atoms with Gasteiger partial charge < -0.3 is 14.0 Å². The number of nitrogens with zero attached hydrogens (tertiary/aromatic N) is 1. The molecular weight excluding hydrogens is 442 g/mol. The number of halogens is 4. The van der Waals surface area contributed by atoms with E-state index in [0.29, 0.717) is 28.4 Å². The van der Waals surface area contributed by atoms with Crippen molar-refractivity contribution in [1.82, 2.24) is 0 Å². The fraction of sp³-hybridized carbons (Fsp3) is 0.150. The Morgan fingerprint density at radius 1 is 1.00 bits per heavy atom. The first-order chi connectivity index (χ1) is 14.4. The number of alkyl halides is 3. The summed E-state index contributed by atoms with van der Waals surface area (Å²) in [6.45, 7) is 0. The standard InChI is InChI=1S/C20H17F3NO2.FHO3S/c1-24-12-17(14-7-6-8-15(11-14)20(21,22)23)19(25-2)18(13-24)26-16-9-4-3-5-10-16;1-5(2,3)4/h3-13H,1-2H3;(H,2,3,4)/q+1;/p-1. The third kappa shape index (κ3) is 7.54. The second kappa shape index (κ2) is 9.75. The number of aromatic nitrogens is 1. The van der Waals surface area contributed by atoms with Crippen molar-refractivity contribution < 1.29 is 44.1 Å². The number of benzene rings is 2. The van der Waals surface area contributed by atoms with Gasteiger partial charge in [-0.2, -0.15) is 13.2 Å². The van der Waals surface area contributed by atoms with Gasteiger partial charge in [0.2, 0.25) is 11.9 Å². The average molecular weight is 459 g/mol. The van der Waals surface area contributed by atoms with E-state index < -0.39 is 22.2 Å². The van der Waals surface area contributed by atoms with E-state index in [-0.39, 0.29) is 0 Å². The zero-order valence-corrected chi connectivity index (χ0v) is 17.1. The molecule has 2 aromatic carbocycles. The van der Waals surface area contributed by atoms with E-state index in [1.54, 1.807) is 42.2 Å². The molecule has 0 amide bonds. The fourth-order valence-electron chi connectivity index (χ4n) is 2.64. The second-order valence-corrected chi connectivity index (χ2v) is 6.91. The molecule has 0 saturated heterocycles. The van der Waals surface area contributed by atoms with Crippen LogP contribution in [0.2, 0.25) is 0 Å². The van der Waals surface area contributed by atoms with Crippen LogP contribution in [0.5, 0.6) is 17.2 Å². The lowest BCUT2D eigenvalue weighted by atomic mass is 10.0. The summed E-state index contributed by atoms with van der Waals surface area (Å²) >= 11 is 0. The summed E-state index contributed by atoms with van der Waals surface area (Å²) in [7, 11) is -2.18. The Morgan fingerprint density at radius 3 is 2.16 bits per heavy atom. The SMILES string of the molecule is COc1c(Oc2ccccc2)c[n+](C)cc1-c1cccc(C(F)(F)F)c1.O=S(=O)([O-])F. The minimum atomic E-state index is -5.42. The Balaban J connectivity index is 0.000000614. The molecular formula is C20H17F4NO5S. The van der Waals surface area contributed by atoms with Gasteiger partial charge in [-0.15, -0.1) is 3.89 Å². The molecule has 31 heavy (non-hydrogen) atoms. The predicted molar refractivity (Wildman–Crippen MR) is 102 cm³/mol. The van der Waals surface area contributed by atoms with Gasteiger partial charge >= 0.3 is 6.18 Å². The highest BCUT2D eigenvalue weighted by Gasteiger charge is 2.31. The minimum Gasteiger partial charge on any atom is -0.722 e. The summed E-state index contributed by atoms with van der Waals surface area (Å²) in [5, 5.41) is 0. The molecule has 1 heterocycles. The Bertz CT molecular complexity index is 1130. The number of ether oxygens (including phenoxy) is 2. The number of rotatable bonds is 4. The smallest absolute Gasteiger partial charge is 0.416 e. The lowest BCUT2D eigenvalue weighted by Gasteiger charge is -2.14. The van der Waals surface area contributed by atoms with Gasteiger partial charge in [0.1, 0.15) is 12.8 Å². The Morgan fingerprint density at radius 2 is 1.61 bits per heavy atom. The van der Waals surface area contributed by atoms with E-state index in [2.05, 4.69) is 0 Å². The van der Waals surface area contributed by atoms with Crippen molar-refractivity contribution in [2.45, 2.75) is 6.18 Å². The van der Waals surface area contributed by atoms with Crippen LogP contribution < -0.4 is 14.0 Å². The highest BCUT2D eigenvalue weighted by Crippen LogP contribution is 2.40. The zero-order chi connectivity index (χ0) is 23.2. The molecule has 0 atom stereocenters. The normalized spacial score (nSPS) is 11.3. The largest absolute Gasteiger partial charge is 0.722 e. The van der Waals surface area contributed by atoms with E-state index in [1.807, 2.05) is 18.2 Å². The van der Waals surface area contributed by atoms with Crippen LogP contribution in [-0.2, 0) is 23.7 Å². The Kier molecular flexibility index (Phi) is 7.58. The monoisotopic (exact) mass is 459 g/mol. The minimum absolute atomic E-state index is 0.367. The van der Waals surface area contributed by atoms with Gasteiger partial charge in [-0.05, 0) is 29.8 Å². The molecule has 6 nitrogen and oxygen atoms in total. The van der Waals surface area contributed by atoms with Crippen LogP contribution in [0.1, 0.15) is 5.56 Å². The van der Waals surface area contributed by atoms with E-state index in [9.17, 15) is 17.1 Å². The van der Waals surface area contributed by atoms with Gasteiger partial charge in [-0.25, -0.2) is 13.0 Å². The first-order valence-electron chi connectivity index (χ1n) is 8.51. The summed E-state index contributed by atoms with van der Waals surface area (Å²) in [6.07, 6.45) is -1.00. The Labute approximate surface area is 176 Å². The third-order valence-corrected chi connectivity index (χ3v) is 3.80. The first-order valence-corrected chi connectivity index (χ1v) is 9.82. The van der Waals surface area contributed by atoms with E-state index in [4.69, 9.17) is 22.4 Å². The molecule has 0 radical (unpaired) electrons. The van der Waals surface area contributed by atoms with E-state index in [1.165, 1.54) is 13.2 Å². The summed E-state index contributed by atoms with van der Waals surface area (Å²) < 4.78 is 87.5. The lowest BCUT2D eigenvalue weighted by molar-refractivity contribution is -0.671. The summed E-state index contributed by atoms with van der Waals surface area (Å²) in [5.74, 6) is 1.38. The van der Waals surface area contributed by atoms with Gasteiger partial charge in [0.25, 0.3) is 10.5 Å². The van der Waals surface area contributed by atoms with Gasteiger partial charge in [0.05, 0.1) is 18.2 Å². The molecule has 0 aliphatic heterocycles. The van der Waals surface area contributed by atoms with Gasteiger partial charge in [-0.3, -0.25) is 0 Å². The predicted octanol–water partition coefficient (Wildman–Crippen LogP) is 4.41. The molecule has 11 heteroatoms. The van der Waals surface area contributed by atoms with Crippen molar-refractivity contribution in [3.8, 4) is 28.4 Å². The molecule has 0 aliphatic rings. The number of hydrogen-bond donors (Lipinski definition) is 0. The van der Waals surface area contributed by atoms with Crippen LogP contribution in [0.25, 0.3) is 11.1 Å².